The van der Waals surface area contributed by atoms with Crippen LogP contribution in [0.1, 0.15) is 77.3 Å². The van der Waals surface area contributed by atoms with E-state index in [9.17, 15) is 13.2 Å². The van der Waals surface area contributed by atoms with Crippen LogP contribution in [0.15, 0.2) is 24.4 Å². The number of ether oxygens (including phenoxy) is 1. The summed E-state index contributed by atoms with van der Waals surface area (Å²) in [5.41, 5.74) is 1.01. The Balaban J connectivity index is 0.000000410. The minimum absolute atomic E-state index is 0.0209. The Kier molecular flexibility index (Phi) is 12.6. The molecule has 206 valence electrons. The number of benzene rings is 1. The van der Waals surface area contributed by atoms with E-state index in [1.165, 1.54) is 19.1 Å². The van der Waals surface area contributed by atoms with Gasteiger partial charge in [-0.1, -0.05) is 40.2 Å². The van der Waals surface area contributed by atoms with E-state index in [0.717, 1.165) is 63.2 Å². The maximum absolute atomic E-state index is 13.2. The number of rotatable bonds is 14. The smallest absolute Gasteiger partial charge is 0.384 e. The van der Waals surface area contributed by atoms with Crippen LogP contribution < -0.4 is 16.0 Å². The van der Waals surface area contributed by atoms with E-state index in [4.69, 9.17) is 10.1 Å². The Labute approximate surface area is 218 Å². The Morgan fingerprint density at radius 3 is 2.46 bits per heavy atom. The molecule has 0 radical (unpaired) electrons. The third-order valence-corrected chi connectivity index (χ3v) is 5.88. The van der Waals surface area contributed by atoms with Gasteiger partial charge in [0.1, 0.15) is 11.4 Å². The summed E-state index contributed by atoms with van der Waals surface area (Å²) in [7, 11) is 0. The summed E-state index contributed by atoms with van der Waals surface area (Å²) in [6, 6.07) is 5.38. The number of alkyl halides is 3. The molecule has 0 amide bonds. The van der Waals surface area contributed by atoms with Gasteiger partial charge in [-0.05, 0) is 50.2 Å². The van der Waals surface area contributed by atoms with Crippen molar-refractivity contribution in [3.63, 3.8) is 0 Å². The fraction of sp³-hybridized carbons (Fsp3) is 0.593. The lowest BCUT2D eigenvalue weighted by atomic mass is 10.1. The Bertz CT molecular complexity index is 966. The number of hydrogen-bond acceptors (Lipinski definition) is 7. The summed E-state index contributed by atoms with van der Waals surface area (Å²) >= 11 is 0. The Hall–Kier alpha value is -2.88. The first-order valence-corrected chi connectivity index (χ1v) is 13.2. The van der Waals surface area contributed by atoms with Gasteiger partial charge in [-0.2, -0.15) is 18.2 Å². The van der Waals surface area contributed by atoms with Crippen LogP contribution in [0.4, 0.5) is 36.3 Å². The van der Waals surface area contributed by atoms with Crippen molar-refractivity contribution < 1.29 is 17.9 Å². The minimum atomic E-state index is -4.53. The molecule has 7 nitrogen and oxygen atoms in total. The monoisotopic (exact) mass is 522 g/mol. The average molecular weight is 523 g/mol. The van der Waals surface area contributed by atoms with E-state index >= 15 is 0 Å². The van der Waals surface area contributed by atoms with Crippen LogP contribution >= 0.6 is 0 Å². The molecular weight excluding hydrogens is 481 g/mol. The molecule has 37 heavy (non-hydrogen) atoms. The van der Waals surface area contributed by atoms with E-state index in [1.807, 2.05) is 13.0 Å². The van der Waals surface area contributed by atoms with E-state index in [1.54, 1.807) is 12.1 Å². The van der Waals surface area contributed by atoms with Crippen LogP contribution in [0.5, 0.6) is 0 Å². The number of nitrogens with one attached hydrogen (secondary N) is 4. The van der Waals surface area contributed by atoms with Crippen molar-refractivity contribution >= 4 is 29.4 Å². The number of anilines is 4. The van der Waals surface area contributed by atoms with E-state index in [2.05, 4.69) is 46.7 Å². The molecule has 4 N–H and O–H groups in total. The quantitative estimate of drug-likeness (QED) is 0.152. The molecule has 1 heterocycles. The zero-order valence-electron chi connectivity index (χ0n) is 22.3. The Morgan fingerprint density at radius 2 is 1.86 bits per heavy atom. The molecule has 1 fully saturated rings. The van der Waals surface area contributed by atoms with Crippen LogP contribution in [0.3, 0.4) is 0 Å². The zero-order chi connectivity index (χ0) is 27.3. The highest BCUT2D eigenvalue weighted by molar-refractivity contribution is 5.94. The molecular formula is C27H41F3N6O. The van der Waals surface area contributed by atoms with Crippen LogP contribution in [-0.2, 0) is 10.9 Å². The number of nitrogens with zero attached hydrogens (tertiary/aromatic N) is 2. The molecule has 0 aliphatic heterocycles. The van der Waals surface area contributed by atoms with E-state index < -0.39 is 11.7 Å². The first kappa shape index (κ1) is 30.3. The summed E-state index contributed by atoms with van der Waals surface area (Å²) in [5.74, 6) is 0.651. The van der Waals surface area contributed by atoms with Crippen molar-refractivity contribution in [3.05, 3.63) is 35.5 Å². The summed E-state index contributed by atoms with van der Waals surface area (Å²) in [5, 5.41) is 16.6. The number of aromatic nitrogens is 2. The molecule has 10 heteroatoms. The van der Waals surface area contributed by atoms with Crippen molar-refractivity contribution in [1.29, 1.82) is 5.41 Å². The fourth-order valence-corrected chi connectivity index (χ4v) is 3.28. The first-order valence-electron chi connectivity index (χ1n) is 13.2. The van der Waals surface area contributed by atoms with Crippen molar-refractivity contribution in [3.8, 4) is 0 Å². The molecule has 1 aliphatic rings. The van der Waals surface area contributed by atoms with Crippen LogP contribution in [-0.4, -0.2) is 42.0 Å². The third kappa shape index (κ3) is 10.6. The molecule has 1 aliphatic carbocycles. The second-order valence-electron chi connectivity index (χ2n) is 9.25. The van der Waals surface area contributed by atoms with Gasteiger partial charge < -0.3 is 26.1 Å². The van der Waals surface area contributed by atoms with Gasteiger partial charge in [-0.3, -0.25) is 0 Å². The highest BCUT2D eigenvalue weighted by atomic mass is 19.4. The molecule has 0 saturated heterocycles. The van der Waals surface area contributed by atoms with Crippen LogP contribution in [0.25, 0.3) is 0 Å². The normalized spacial score (nSPS) is 13.8. The fourth-order valence-electron chi connectivity index (χ4n) is 3.28. The zero-order valence-corrected chi connectivity index (χ0v) is 22.3. The minimum Gasteiger partial charge on any atom is -0.384 e. The Morgan fingerprint density at radius 1 is 1.14 bits per heavy atom. The lowest BCUT2D eigenvalue weighted by Crippen LogP contribution is -2.15. The maximum Gasteiger partial charge on any atom is 0.421 e. The SMILES string of the molecule is CCCNc1cccc(Nc2ncc(C(F)(F)F)c(NC3CC3)n2)c1C=N.CCCOCCC(C)CC. The van der Waals surface area contributed by atoms with Gasteiger partial charge in [0, 0.05) is 49.5 Å². The van der Waals surface area contributed by atoms with Crippen molar-refractivity contribution in [2.75, 3.05) is 35.7 Å². The van der Waals surface area contributed by atoms with E-state index in [0.29, 0.717) is 11.3 Å². The lowest BCUT2D eigenvalue weighted by Gasteiger charge is -2.16. The van der Waals surface area contributed by atoms with Crippen molar-refractivity contribution in [2.24, 2.45) is 5.92 Å². The standard InChI is InChI=1S/C18H21F3N6.C9H20O/c1-2-8-23-14-4-3-5-15(12(14)9-22)26-17-24-10-13(18(19,20)21)16(27-17)25-11-6-7-11;1-4-7-10-8-6-9(3)5-2/h3-5,9-11,22-23H,2,6-8H2,1H3,(H2,24,25,26,27);9H,4-8H2,1-3H3. The van der Waals surface area contributed by atoms with Gasteiger partial charge in [0.15, 0.2) is 0 Å². The number of halogens is 3. The predicted octanol–water partition coefficient (Wildman–Crippen LogP) is 7.48. The molecule has 1 atom stereocenters. The molecule has 3 rings (SSSR count). The van der Waals surface area contributed by atoms with Crippen molar-refractivity contribution in [2.45, 2.75) is 78.4 Å². The molecule has 0 spiro atoms. The summed E-state index contributed by atoms with van der Waals surface area (Å²) < 4.78 is 44.9. The summed E-state index contributed by atoms with van der Waals surface area (Å²) in [4.78, 5) is 7.85. The third-order valence-electron chi connectivity index (χ3n) is 5.88. The average Bonchev–Trinajstić information content (AvgIpc) is 3.69. The lowest BCUT2D eigenvalue weighted by molar-refractivity contribution is -0.137. The topological polar surface area (TPSA) is 95.0 Å². The summed E-state index contributed by atoms with van der Waals surface area (Å²) in [6.07, 6.45) is 3.65. The largest absolute Gasteiger partial charge is 0.421 e. The molecule has 1 aromatic heterocycles. The van der Waals surface area contributed by atoms with Crippen LogP contribution in [0.2, 0.25) is 0 Å². The van der Waals surface area contributed by atoms with E-state index in [-0.39, 0.29) is 17.8 Å². The van der Waals surface area contributed by atoms with Gasteiger partial charge in [0.2, 0.25) is 5.95 Å². The second kappa shape index (κ2) is 15.4. The van der Waals surface area contributed by atoms with Gasteiger partial charge >= 0.3 is 6.18 Å². The number of hydrogen-bond donors (Lipinski definition) is 4. The van der Waals surface area contributed by atoms with Gasteiger partial charge in [0.05, 0.1) is 5.69 Å². The molecule has 0 bridgehead atoms. The predicted molar refractivity (Wildman–Crippen MR) is 145 cm³/mol. The first-order chi connectivity index (χ1) is 17.7. The second-order valence-corrected chi connectivity index (χ2v) is 9.25. The summed E-state index contributed by atoms with van der Waals surface area (Å²) in [6.45, 7) is 11.3. The van der Waals surface area contributed by atoms with Gasteiger partial charge in [0.25, 0.3) is 0 Å². The van der Waals surface area contributed by atoms with Crippen molar-refractivity contribution in [1.82, 2.24) is 9.97 Å². The molecule has 1 saturated carbocycles. The van der Waals surface area contributed by atoms with Gasteiger partial charge in [-0.25, -0.2) is 4.98 Å². The van der Waals surface area contributed by atoms with Gasteiger partial charge in [-0.15, -0.1) is 0 Å². The highest BCUT2D eigenvalue weighted by Gasteiger charge is 2.36. The molecule has 1 unspecified atom stereocenters. The molecule has 1 aromatic carbocycles. The molecule has 2 aromatic rings. The maximum atomic E-state index is 13.2. The highest BCUT2D eigenvalue weighted by Crippen LogP contribution is 2.36. The van der Waals surface area contributed by atoms with Crippen LogP contribution in [0, 0.1) is 11.3 Å².